The predicted octanol–water partition coefficient (Wildman–Crippen LogP) is 1.48. The summed E-state index contributed by atoms with van der Waals surface area (Å²) in [5.41, 5.74) is -0.662. The number of carbonyl (C=O) groups excluding carboxylic acids is 1. The molecular formula is C10H17F2NO3. The molecule has 2 atom stereocenters. The van der Waals surface area contributed by atoms with Gasteiger partial charge in [-0.25, -0.2) is 13.6 Å². The van der Waals surface area contributed by atoms with Crippen LogP contribution in [0, 0.1) is 5.92 Å². The molecule has 1 aliphatic heterocycles. The first-order valence-corrected chi connectivity index (χ1v) is 5.15. The third kappa shape index (κ3) is 3.30. The molecule has 1 fully saturated rings. The van der Waals surface area contributed by atoms with Crippen molar-refractivity contribution in [2.45, 2.75) is 38.9 Å². The maximum Gasteiger partial charge on any atom is 0.410 e. The van der Waals surface area contributed by atoms with Crippen LogP contribution < -0.4 is 0 Å². The first-order valence-electron chi connectivity index (χ1n) is 5.15. The quantitative estimate of drug-likeness (QED) is 0.751. The average molecular weight is 237 g/mol. The Morgan fingerprint density at radius 3 is 2.38 bits per heavy atom. The van der Waals surface area contributed by atoms with Crippen LogP contribution >= 0.6 is 0 Å². The van der Waals surface area contributed by atoms with Crippen LogP contribution in [0.4, 0.5) is 13.6 Å². The van der Waals surface area contributed by atoms with Crippen LogP contribution in [0.15, 0.2) is 0 Å². The lowest BCUT2D eigenvalue weighted by Crippen LogP contribution is -2.36. The van der Waals surface area contributed by atoms with Gasteiger partial charge in [-0.1, -0.05) is 0 Å². The lowest BCUT2D eigenvalue weighted by molar-refractivity contribution is 0.0194. The van der Waals surface area contributed by atoms with Gasteiger partial charge in [0.25, 0.3) is 0 Å². The minimum atomic E-state index is -2.62. The molecule has 0 saturated carbocycles. The first-order chi connectivity index (χ1) is 7.20. The summed E-state index contributed by atoms with van der Waals surface area (Å²) in [5.74, 6) is -1.17. The van der Waals surface area contributed by atoms with E-state index in [1.54, 1.807) is 20.8 Å². The zero-order valence-corrected chi connectivity index (χ0v) is 9.61. The van der Waals surface area contributed by atoms with Gasteiger partial charge in [-0.05, 0) is 20.8 Å². The molecule has 1 heterocycles. The van der Waals surface area contributed by atoms with Gasteiger partial charge in [0.1, 0.15) is 5.60 Å². The Balaban J connectivity index is 2.55. The minimum absolute atomic E-state index is 0.0933. The van der Waals surface area contributed by atoms with E-state index in [2.05, 4.69) is 0 Å². The van der Waals surface area contributed by atoms with Crippen LogP contribution in [0.1, 0.15) is 20.8 Å². The molecule has 4 nitrogen and oxygen atoms in total. The van der Waals surface area contributed by atoms with Gasteiger partial charge in [0, 0.05) is 6.54 Å². The van der Waals surface area contributed by atoms with E-state index >= 15 is 0 Å². The topological polar surface area (TPSA) is 49.8 Å². The van der Waals surface area contributed by atoms with Gasteiger partial charge in [0.2, 0.25) is 6.43 Å². The summed E-state index contributed by atoms with van der Waals surface area (Å²) < 4.78 is 29.9. The molecular weight excluding hydrogens is 220 g/mol. The molecule has 0 aromatic rings. The monoisotopic (exact) mass is 237 g/mol. The van der Waals surface area contributed by atoms with Crippen molar-refractivity contribution in [3.05, 3.63) is 0 Å². The van der Waals surface area contributed by atoms with Crippen LogP contribution in [0.5, 0.6) is 0 Å². The molecule has 1 rings (SSSR count). The number of hydrogen-bond donors (Lipinski definition) is 1. The van der Waals surface area contributed by atoms with Gasteiger partial charge < -0.3 is 14.7 Å². The standard InChI is InChI=1S/C10H17F2NO3/c1-10(2,3)16-9(15)13-4-6(8(11)12)7(14)5-13/h6-8,14H,4-5H2,1-3H3/t6-,7-/m1/s1. The third-order valence-corrected chi connectivity index (χ3v) is 2.31. The number of β-amino-alcohol motifs (C(OH)–C–C–N with tert-alkyl or cyclic N) is 1. The molecule has 16 heavy (non-hydrogen) atoms. The number of nitrogens with zero attached hydrogens (tertiary/aromatic N) is 1. The number of amides is 1. The largest absolute Gasteiger partial charge is 0.444 e. The Kier molecular flexibility index (Phi) is 3.72. The van der Waals surface area contributed by atoms with Crippen LogP contribution in [0.2, 0.25) is 0 Å². The molecule has 1 N–H and O–H groups in total. The van der Waals surface area contributed by atoms with E-state index in [0.717, 1.165) is 4.90 Å². The van der Waals surface area contributed by atoms with E-state index in [0.29, 0.717) is 0 Å². The highest BCUT2D eigenvalue weighted by Gasteiger charge is 2.40. The maximum atomic E-state index is 12.4. The number of alkyl halides is 2. The lowest BCUT2D eigenvalue weighted by Gasteiger charge is -2.24. The van der Waals surface area contributed by atoms with E-state index < -0.39 is 30.1 Å². The molecule has 0 radical (unpaired) electrons. The highest BCUT2D eigenvalue weighted by Crippen LogP contribution is 2.24. The highest BCUT2D eigenvalue weighted by atomic mass is 19.3. The molecule has 1 saturated heterocycles. The number of carbonyl (C=O) groups is 1. The van der Waals surface area contributed by atoms with E-state index in [1.165, 1.54) is 0 Å². The minimum Gasteiger partial charge on any atom is -0.444 e. The van der Waals surface area contributed by atoms with Crippen LogP contribution in [0.3, 0.4) is 0 Å². The number of rotatable bonds is 1. The smallest absolute Gasteiger partial charge is 0.410 e. The first kappa shape index (κ1) is 13.2. The molecule has 1 aliphatic rings. The molecule has 0 unspecified atom stereocenters. The van der Waals surface area contributed by atoms with Gasteiger partial charge in [-0.2, -0.15) is 0 Å². The summed E-state index contributed by atoms with van der Waals surface area (Å²) in [4.78, 5) is 12.6. The summed E-state index contributed by atoms with van der Waals surface area (Å²) in [6.45, 7) is 4.84. The van der Waals surface area contributed by atoms with Gasteiger partial charge in [0.15, 0.2) is 0 Å². The summed E-state index contributed by atoms with van der Waals surface area (Å²) in [6.07, 6.45) is -4.45. The second kappa shape index (κ2) is 4.53. The van der Waals surface area contributed by atoms with E-state index in [4.69, 9.17) is 4.74 Å². The van der Waals surface area contributed by atoms with Crippen LogP contribution in [-0.2, 0) is 4.74 Å². The van der Waals surface area contributed by atoms with Crippen molar-refractivity contribution in [2.75, 3.05) is 13.1 Å². The molecule has 6 heteroatoms. The Bertz CT molecular complexity index is 265. The third-order valence-electron chi connectivity index (χ3n) is 2.31. The zero-order valence-electron chi connectivity index (χ0n) is 9.61. The summed E-state index contributed by atoms with van der Waals surface area (Å²) in [6, 6.07) is 0. The zero-order chi connectivity index (χ0) is 12.5. The molecule has 0 bridgehead atoms. The summed E-state index contributed by atoms with van der Waals surface area (Å²) in [5, 5.41) is 9.35. The van der Waals surface area contributed by atoms with Crippen molar-refractivity contribution >= 4 is 6.09 Å². The fourth-order valence-electron chi connectivity index (χ4n) is 1.54. The van der Waals surface area contributed by atoms with Gasteiger partial charge in [-0.15, -0.1) is 0 Å². The molecule has 1 amide bonds. The van der Waals surface area contributed by atoms with Crippen molar-refractivity contribution < 1.29 is 23.4 Å². The average Bonchev–Trinajstić information content (AvgIpc) is 2.44. The van der Waals surface area contributed by atoms with E-state index in [-0.39, 0.29) is 13.1 Å². The maximum absolute atomic E-state index is 12.4. The van der Waals surface area contributed by atoms with Gasteiger partial charge in [0.05, 0.1) is 18.6 Å². The number of hydrogen-bond acceptors (Lipinski definition) is 3. The van der Waals surface area contributed by atoms with E-state index in [1.807, 2.05) is 0 Å². The number of aliphatic hydroxyl groups is 1. The fraction of sp³-hybridized carbons (Fsp3) is 0.900. The molecule has 0 aliphatic carbocycles. The number of aliphatic hydroxyl groups excluding tert-OH is 1. The Hall–Kier alpha value is -0.910. The Labute approximate surface area is 93.2 Å². The van der Waals surface area contributed by atoms with Crippen molar-refractivity contribution in [1.29, 1.82) is 0 Å². The second-order valence-corrected chi connectivity index (χ2v) is 4.95. The molecule has 0 aromatic carbocycles. The van der Waals surface area contributed by atoms with Gasteiger partial charge >= 0.3 is 6.09 Å². The highest BCUT2D eigenvalue weighted by molar-refractivity contribution is 5.68. The van der Waals surface area contributed by atoms with Crippen LogP contribution in [0.25, 0.3) is 0 Å². The van der Waals surface area contributed by atoms with Crippen molar-refractivity contribution in [2.24, 2.45) is 5.92 Å². The number of ether oxygens (including phenoxy) is 1. The Morgan fingerprint density at radius 2 is 2.00 bits per heavy atom. The number of likely N-dealkylation sites (tertiary alicyclic amines) is 1. The van der Waals surface area contributed by atoms with Gasteiger partial charge in [-0.3, -0.25) is 0 Å². The Morgan fingerprint density at radius 1 is 1.44 bits per heavy atom. The van der Waals surface area contributed by atoms with Crippen LogP contribution in [-0.4, -0.2) is 47.3 Å². The van der Waals surface area contributed by atoms with Crippen molar-refractivity contribution in [3.63, 3.8) is 0 Å². The second-order valence-electron chi connectivity index (χ2n) is 4.95. The van der Waals surface area contributed by atoms with Crippen molar-refractivity contribution in [1.82, 2.24) is 4.90 Å². The number of halogens is 2. The summed E-state index contributed by atoms with van der Waals surface area (Å²) in [7, 11) is 0. The molecule has 0 aromatic heterocycles. The lowest BCUT2D eigenvalue weighted by atomic mass is 10.1. The summed E-state index contributed by atoms with van der Waals surface area (Å²) >= 11 is 0. The molecule has 0 spiro atoms. The SMILES string of the molecule is CC(C)(C)OC(=O)N1C[C@@H](O)[C@H](C(F)F)C1. The van der Waals surface area contributed by atoms with Crippen molar-refractivity contribution in [3.8, 4) is 0 Å². The fourth-order valence-corrected chi connectivity index (χ4v) is 1.54. The normalized spacial score (nSPS) is 26.3. The molecule has 94 valence electrons. The predicted molar refractivity (Wildman–Crippen MR) is 53.3 cm³/mol. The van der Waals surface area contributed by atoms with E-state index in [9.17, 15) is 18.7 Å².